The first-order valence-electron chi connectivity index (χ1n) is 11.6. The van der Waals surface area contributed by atoms with Gasteiger partial charge in [0.1, 0.15) is 0 Å². The van der Waals surface area contributed by atoms with Gasteiger partial charge in [-0.3, -0.25) is 4.79 Å². The first-order valence-corrected chi connectivity index (χ1v) is 11.6. The van der Waals surface area contributed by atoms with E-state index >= 15 is 0 Å². The van der Waals surface area contributed by atoms with Crippen molar-refractivity contribution < 1.29 is 9.90 Å². The van der Waals surface area contributed by atoms with Crippen LogP contribution in [0.3, 0.4) is 0 Å². The minimum Gasteiger partial charge on any atom is -0.390 e. The number of nitrogens with zero attached hydrogens (tertiary/aromatic N) is 2. The van der Waals surface area contributed by atoms with Crippen LogP contribution in [0, 0.1) is 11.8 Å². The van der Waals surface area contributed by atoms with Gasteiger partial charge in [-0.15, -0.1) is 0 Å². The van der Waals surface area contributed by atoms with Gasteiger partial charge in [0.15, 0.2) is 5.78 Å². The Labute approximate surface area is 192 Å². The monoisotopic (exact) mass is 432 g/mol. The van der Waals surface area contributed by atoms with Gasteiger partial charge in [-0.05, 0) is 30.1 Å². The van der Waals surface area contributed by atoms with Gasteiger partial charge < -0.3 is 14.6 Å². The largest absolute Gasteiger partial charge is 0.390 e. The summed E-state index contributed by atoms with van der Waals surface area (Å²) in [6.07, 6.45) is 5.08. The molecule has 32 heavy (non-hydrogen) atoms. The van der Waals surface area contributed by atoms with E-state index in [0.717, 1.165) is 29.6 Å². The third-order valence-electron chi connectivity index (χ3n) is 5.42. The minimum absolute atomic E-state index is 0.0134. The van der Waals surface area contributed by atoms with Crippen LogP contribution >= 0.6 is 0 Å². The van der Waals surface area contributed by atoms with Crippen molar-refractivity contribution in [3.63, 3.8) is 0 Å². The van der Waals surface area contributed by atoms with Crippen molar-refractivity contribution in [3.8, 4) is 0 Å². The number of carbonyl (C=O) groups excluding carboxylic acids is 1. The molecule has 1 heterocycles. The summed E-state index contributed by atoms with van der Waals surface area (Å²) in [5.74, 6) is 1.11. The number of aromatic nitrogens is 1. The third-order valence-corrected chi connectivity index (χ3v) is 5.42. The van der Waals surface area contributed by atoms with E-state index < -0.39 is 6.10 Å². The van der Waals surface area contributed by atoms with Gasteiger partial charge in [-0.1, -0.05) is 76.2 Å². The predicted octanol–water partition coefficient (Wildman–Crippen LogP) is 5.51. The highest BCUT2D eigenvalue weighted by atomic mass is 16.3. The molecule has 0 radical (unpaired) electrons. The summed E-state index contributed by atoms with van der Waals surface area (Å²) in [6, 6.07) is 17.4. The zero-order valence-electron chi connectivity index (χ0n) is 19.7. The maximum Gasteiger partial charge on any atom is 0.185 e. The average Bonchev–Trinajstić information content (AvgIpc) is 3.09. The summed E-state index contributed by atoms with van der Waals surface area (Å²) >= 11 is 0. The fraction of sp³-hybridized carbons (Fsp3) is 0.393. The number of allylic oxidation sites excluding steroid dienone is 1. The van der Waals surface area contributed by atoms with Gasteiger partial charge >= 0.3 is 0 Å². The van der Waals surface area contributed by atoms with Gasteiger partial charge in [0, 0.05) is 54.4 Å². The maximum atomic E-state index is 12.5. The van der Waals surface area contributed by atoms with Crippen LogP contribution in [0.5, 0.6) is 0 Å². The number of ketones is 1. The number of carbonyl (C=O) groups is 1. The van der Waals surface area contributed by atoms with Crippen molar-refractivity contribution in [1.29, 1.82) is 0 Å². The number of aliphatic hydroxyl groups excluding tert-OH is 1. The lowest BCUT2D eigenvalue weighted by atomic mass is 10.1. The molecule has 1 N–H and O–H groups in total. The topological polar surface area (TPSA) is 45.5 Å². The third kappa shape index (κ3) is 6.65. The van der Waals surface area contributed by atoms with E-state index in [9.17, 15) is 9.90 Å². The fourth-order valence-electron chi connectivity index (χ4n) is 4.26. The predicted molar refractivity (Wildman–Crippen MR) is 134 cm³/mol. The summed E-state index contributed by atoms with van der Waals surface area (Å²) in [7, 11) is 0. The molecule has 0 unspecified atom stereocenters. The Morgan fingerprint density at radius 2 is 1.56 bits per heavy atom. The van der Waals surface area contributed by atoms with Crippen molar-refractivity contribution in [1.82, 2.24) is 9.47 Å². The minimum atomic E-state index is -0.467. The van der Waals surface area contributed by atoms with Crippen molar-refractivity contribution in [3.05, 3.63) is 78.0 Å². The van der Waals surface area contributed by atoms with Crippen LogP contribution in [0.4, 0.5) is 0 Å². The van der Waals surface area contributed by atoms with Gasteiger partial charge in [-0.25, -0.2) is 0 Å². The summed E-state index contributed by atoms with van der Waals surface area (Å²) in [4.78, 5) is 14.9. The molecule has 0 saturated heterocycles. The zero-order valence-corrected chi connectivity index (χ0v) is 19.7. The van der Waals surface area contributed by atoms with Crippen molar-refractivity contribution >= 4 is 22.8 Å². The molecule has 1 atom stereocenters. The molecule has 0 spiro atoms. The number of fused-ring (bicyclic) bond motifs is 1. The lowest BCUT2D eigenvalue weighted by Crippen LogP contribution is -2.39. The van der Waals surface area contributed by atoms with Crippen molar-refractivity contribution in [2.24, 2.45) is 11.8 Å². The molecule has 3 rings (SSSR count). The second-order valence-electron chi connectivity index (χ2n) is 9.48. The number of hydrogen-bond acceptors (Lipinski definition) is 3. The molecule has 2 aromatic carbocycles. The molecule has 0 aliphatic rings. The van der Waals surface area contributed by atoms with Crippen molar-refractivity contribution in [2.75, 3.05) is 19.6 Å². The van der Waals surface area contributed by atoms with Crippen LogP contribution in [0.15, 0.2) is 66.9 Å². The highest BCUT2D eigenvalue weighted by Crippen LogP contribution is 2.23. The molecule has 0 amide bonds. The standard InChI is InChI=1S/C28H36N2O2/c1-21(2)16-29(17-22(3)4)19-25(31)20-30-18-24(26-12-8-9-13-27(26)30)14-15-28(32)23-10-6-5-7-11-23/h5-15,18,21-22,25,31H,16-17,19-20H2,1-4H3/b15-14-/t25-/m1/s1. The number of aliphatic hydroxyl groups is 1. The van der Waals surface area contributed by atoms with E-state index in [1.54, 1.807) is 6.08 Å². The molecule has 0 aliphatic heterocycles. The Balaban J connectivity index is 1.77. The van der Waals surface area contributed by atoms with Gasteiger partial charge in [0.05, 0.1) is 6.10 Å². The van der Waals surface area contributed by atoms with Crippen LogP contribution in [0.1, 0.15) is 43.6 Å². The quantitative estimate of drug-likeness (QED) is 0.321. The maximum absolute atomic E-state index is 12.5. The number of para-hydroxylation sites is 1. The molecule has 1 aromatic heterocycles. The van der Waals surface area contributed by atoms with E-state index in [4.69, 9.17) is 0 Å². The summed E-state index contributed by atoms with van der Waals surface area (Å²) in [5.41, 5.74) is 2.73. The zero-order chi connectivity index (χ0) is 23.1. The van der Waals surface area contributed by atoms with E-state index in [1.807, 2.05) is 54.7 Å². The van der Waals surface area contributed by atoms with Crippen LogP contribution in [-0.2, 0) is 6.54 Å². The molecular weight excluding hydrogens is 396 g/mol. The molecule has 0 saturated carbocycles. The van der Waals surface area contributed by atoms with Crippen LogP contribution in [-0.4, -0.2) is 46.1 Å². The van der Waals surface area contributed by atoms with E-state index in [2.05, 4.69) is 49.3 Å². The summed E-state index contributed by atoms with van der Waals surface area (Å²) in [6.45, 7) is 12.0. The Kier molecular flexibility index (Phi) is 8.43. The molecule has 0 bridgehead atoms. The SMILES string of the molecule is CC(C)CN(CC(C)C)C[C@@H](O)Cn1cc(/C=C\C(=O)c2ccccc2)c2ccccc21. The Hall–Kier alpha value is -2.69. The molecule has 170 valence electrons. The number of benzene rings is 2. The normalized spacial score (nSPS) is 13.1. The van der Waals surface area contributed by atoms with Crippen LogP contribution in [0.2, 0.25) is 0 Å². The van der Waals surface area contributed by atoms with Gasteiger partial charge in [-0.2, -0.15) is 0 Å². The molecule has 0 fully saturated rings. The van der Waals surface area contributed by atoms with E-state index in [0.29, 0.717) is 30.5 Å². The van der Waals surface area contributed by atoms with Gasteiger partial charge in [0.2, 0.25) is 0 Å². The molecular formula is C28H36N2O2. The number of rotatable bonds is 11. The second kappa shape index (κ2) is 11.3. The Morgan fingerprint density at radius 3 is 2.22 bits per heavy atom. The van der Waals surface area contributed by atoms with Crippen LogP contribution < -0.4 is 0 Å². The fourth-order valence-corrected chi connectivity index (χ4v) is 4.26. The Morgan fingerprint density at radius 1 is 0.938 bits per heavy atom. The lowest BCUT2D eigenvalue weighted by Gasteiger charge is -2.28. The number of hydrogen-bond donors (Lipinski definition) is 1. The molecule has 0 aliphatic carbocycles. The summed E-state index contributed by atoms with van der Waals surface area (Å²) in [5, 5.41) is 12.0. The second-order valence-corrected chi connectivity index (χ2v) is 9.48. The average molecular weight is 433 g/mol. The van der Waals surface area contributed by atoms with Crippen molar-refractivity contribution in [2.45, 2.75) is 40.3 Å². The molecule has 3 aromatic rings. The highest BCUT2D eigenvalue weighted by Gasteiger charge is 2.16. The highest BCUT2D eigenvalue weighted by molar-refractivity contribution is 6.07. The van der Waals surface area contributed by atoms with E-state index in [1.165, 1.54) is 0 Å². The first kappa shape index (κ1) is 24.0. The smallest absolute Gasteiger partial charge is 0.185 e. The first-order chi connectivity index (χ1) is 15.3. The molecule has 4 nitrogen and oxygen atoms in total. The lowest BCUT2D eigenvalue weighted by molar-refractivity contribution is 0.0869. The van der Waals surface area contributed by atoms with Crippen LogP contribution in [0.25, 0.3) is 17.0 Å². The Bertz CT molecular complexity index is 1020. The molecule has 4 heteroatoms. The van der Waals surface area contributed by atoms with Gasteiger partial charge in [0.25, 0.3) is 0 Å². The van der Waals surface area contributed by atoms with E-state index in [-0.39, 0.29) is 5.78 Å². The summed E-state index contributed by atoms with van der Waals surface area (Å²) < 4.78 is 2.11.